The lowest BCUT2D eigenvalue weighted by Crippen LogP contribution is -2.09. The third-order valence-corrected chi connectivity index (χ3v) is 2.62. The molecule has 80 valence electrons. The molecular weight excluding hydrogens is 187 g/mol. The molecule has 0 saturated heterocycles. The van der Waals surface area contributed by atoms with Gasteiger partial charge in [0.2, 0.25) is 0 Å². The third kappa shape index (κ3) is 8.48. The monoisotopic (exact) mass is 208 g/mol. The van der Waals surface area contributed by atoms with Gasteiger partial charge in [0.15, 0.2) is 0 Å². The van der Waals surface area contributed by atoms with E-state index in [1.807, 2.05) is 6.92 Å². The summed E-state index contributed by atoms with van der Waals surface area (Å²) in [6.07, 6.45) is 5.06. The van der Waals surface area contributed by atoms with Crippen LogP contribution in [0.15, 0.2) is 0 Å². The zero-order valence-electron chi connectivity index (χ0n) is 8.82. The van der Waals surface area contributed by atoms with Crippen LogP contribution in [0, 0.1) is 0 Å². The van der Waals surface area contributed by atoms with Gasteiger partial charge in [-0.1, -0.05) is 33.1 Å². The van der Waals surface area contributed by atoms with Crippen LogP contribution in [0.25, 0.3) is 0 Å². The van der Waals surface area contributed by atoms with E-state index in [4.69, 9.17) is 9.42 Å². The predicted molar refractivity (Wildman–Crippen MR) is 55.1 cm³/mol. The first-order valence-electron chi connectivity index (χ1n) is 4.98. The van der Waals surface area contributed by atoms with Gasteiger partial charge < -0.3 is 9.42 Å². The lowest BCUT2D eigenvalue weighted by atomic mass is 10.1. The Hall–Kier alpha value is 0.150. The quantitative estimate of drug-likeness (QED) is 0.516. The van der Waals surface area contributed by atoms with Gasteiger partial charge in [0, 0.05) is 6.66 Å². The van der Waals surface area contributed by atoms with E-state index in [1.165, 1.54) is 19.5 Å². The van der Waals surface area contributed by atoms with E-state index in [0.29, 0.717) is 0 Å². The maximum atomic E-state index is 10.9. The maximum absolute atomic E-state index is 10.9. The summed E-state index contributed by atoms with van der Waals surface area (Å²) in [5.74, 6) is 0. The Morgan fingerprint density at radius 2 is 2.00 bits per heavy atom. The Bertz CT molecular complexity index is 164. The summed E-state index contributed by atoms with van der Waals surface area (Å²) in [5, 5.41) is 0. The third-order valence-electron chi connectivity index (χ3n) is 1.93. The highest BCUT2D eigenvalue weighted by Gasteiger charge is 2.17. The minimum Gasteiger partial charge on any atom is -0.324 e. The molecule has 3 nitrogen and oxygen atoms in total. The van der Waals surface area contributed by atoms with Gasteiger partial charge in [-0.15, -0.1) is 0 Å². The molecule has 0 amide bonds. The van der Waals surface area contributed by atoms with Crippen molar-refractivity contribution in [2.45, 2.75) is 52.1 Å². The van der Waals surface area contributed by atoms with Gasteiger partial charge in [-0.2, -0.15) is 0 Å². The Morgan fingerprint density at radius 3 is 2.38 bits per heavy atom. The molecule has 0 aromatic rings. The lowest BCUT2D eigenvalue weighted by molar-refractivity contribution is 0.161. The van der Waals surface area contributed by atoms with Crippen LogP contribution in [-0.2, 0) is 9.09 Å². The first-order valence-corrected chi connectivity index (χ1v) is 7.00. The minimum atomic E-state index is -3.29. The molecule has 0 aliphatic heterocycles. The molecule has 0 aromatic heterocycles. The summed E-state index contributed by atoms with van der Waals surface area (Å²) in [5.41, 5.74) is 0. The van der Waals surface area contributed by atoms with E-state index in [2.05, 4.69) is 6.92 Å². The van der Waals surface area contributed by atoms with Crippen molar-refractivity contribution in [3.05, 3.63) is 0 Å². The summed E-state index contributed by atoms with van der Waals surface area (Å²) in [4.78, 5) is 9.01. The van der Waals surface area contributed by atoms with Gasteiger partial charge in [-0.3, -0.25) is 4.57 Å². The second-order valence-electron chi connectivity index (χ2n) is 3.43. The van der Waals surface area contributed by atoms with Crippen molar-refractivity contribution in [3.63, 3.8) is 0 Å². The molecule has 0 rings (SSSR count). The van der Waals surface area contributed by atoms with Gasteiger partial charge >= 0.3 is 7.60 Å². The molecule has 0 aliphatic rings. The average Bonchev–Trinajstić information content (AvgIpc) is 2.01. The molecule has 2 unspecified atom stereocenters. The van der Waals surface area contributed by atoms with Crippen LogP contribution in [0.5, 0.6) is 0 Å². The fraction of sp³-hybridized carbons (Fsp3) is 1.00. The number of hydrogen-bond donors (Lipinski definition) is 1. The molecule has 0 saturated carbocycles. The fourth-order valence-corrected chi connectivity index (χ4v) is 2.04. The number of unbranched alkanes of at least 4 members (excludes halogenated alkanes) is 2. The molecule has 0 aromatic carbocycles. The summed E-state index contributed by atoms with van der Waals surface area (Å²) in [6, 6.07) is 0. The molecule has 1 N–H and O–H groups in total. The summed E-state index contributed by atoms with van der Waals surface area (Å²) < 4.78 is 16.0. The largest absolute Gasteiger partial charge is 0.325 e. The predicted octanol–water partition coefficient (Wildman–Crippen LogP) is 3.18. The normalized spacial score (nSPS) is 18.2. The van der Waals surface area contributed by atoms with Gasteiger partial charge in [0.05, 0.1) is 6.10 Å². The highest BCUT2D eigenvalue weighted by molar-refractivity contribution is 7.51. The first kappa shape index (κ1) is 13.2. The molecule has 13 heavy (non-hydrogen) atoms. The summed E-state index contributed by atoms with van der Waals surface area (Å²) >= 11 is 0. The van der Waals surface area contributed by atoms with Crippen LogP contribution in [0.3, 0.4) is 0 Å². The Balaban J connectivity index is 3.70. The zero-order valence-corrected chi connectivity index (χ0v) is 9.72. The van der Waals surface area contributed by atoms with Gasteiger partial charge in [0.25, 0.3) is 0 Å². The van der Waals surface area contributed by atoms with Crippen molar-refractivity contribution in [2.75, 3.05) is 6.66 Å². The number of hydrogen-bond acceptors (Lipinski definition) is 2. The van der Waals surface area contributed by atoms with Crippen LogP contribution < -0.4 is 0 Å². The van der Waals surface area contributed by atoms with E-state index >= 15 is 0 Å². The van der Waals surface area contributed by atoms with Crippen LogP contribution in [-0.4, -0.2) is 17.7 Å². The lowest BCUT2D eigenvalue weighted by Gasteiger charge is -2.17. The summed E-state index contributed by atoms with van der Waals surface area (Å²) in [7, 11) is -3.29. The second-order valence-corrected chi connectivity index (χ2v) is 5.25. The van der Waals surface area contributed by atoms with E-state index in [0.717, 1.165) is 19.3 Å². The van der Waals surface area contributed by atoms with Crippen molar-refractivity contribution < 1.29 is 14.0 Å². The van der Waals surface area contributed by atoms with E-state index in [-0.39, 0.29) is 6.10 Å². The van der Waals surface area contributed by atoms with Gasteiger partial charge in [-0.25, -0.2) is 0 Å². The second kappa shape index (κ2) is 6.58. The fourth-order valence-electron chi connectivity index (χ4n) is 1.23. The molecule has 0 spiro atoms. The topological polar surface area (TPSA) is 46.5 Å². The van der Waals surface area contributed by atoms with Crippen molar-refractivity contribution in [3.8, 4) is 0 Å². The molecule has 0 fully saturated rings. The molecule has 0 aliphatic carbocycles. The number of rotatable bonds is 7. The summed E-state index contributed by atoms with van der Waals surface area (Å²) in [6.45, 7) is 5.36. The SMILES string of the molecule is CCCCCC(CC)OP(C)(=O)O. The van der Waals surface area contributed by atoms with Gasteiger partial charge in [0.1, 0.15) is 0 Å². The molecule has 0 heterocycles. The molecule has 0 radical (unpaired) electrons. The molecule has 2 atom stereocenters. The molecule has 0 bridgehead atoms. The van der Waals surface area contributed by atoms with Crippen LogP contribution in [0.4, 0.5) is 0 Å². The smallest absolute Gasteiger partial charge is 0.324 e. The maximum Gasteiger partial charge on any atom is 0.325 e. The van der Waals surface area contributed by atoms with Crippen molar-refractivity contribution >= 4 is 7.60 Å². The molecule has 4 heteroatoms. The Morgan fingerprint density at radius 1 is 1.38 bits per heavy atom. The van der Waals surface area contributed by atoms with Crippen LogP contribution >= 0.6 is 7.60 Å². The van der Waals surface area contributed by atoms with Crippen molar-refractivity contribution in [1.82, 2.24) is 0 Å². The standard InChI is InChI=1S/C9H21O3P/c1-4-6-7-8-9(5-2)12-13(3,10)11/h9H,4-8H2,1-3H3,(H,10,11). The Kier molecular flexibility index (Phi) is 6.66. The van der Waals surface area contributed by atoms with Gasteiger partial charge in [-0.05, 0) is 12.8 Å². The highest BCUT2D eigenvalue weighted by atomic mass is 31.2. The highest BCUT2D eigenvalue weighted by Crippen LogP contribution is 2.39. The molecular formula is C9H21O3P. The minimum absolute atomic E-state index is 0.0487. The van der Waals surface area contributed by atoms with E-state index in [9.17, 15) is 4.57 Å². The Labute approximate surface area is 81.0 Å². The van der Waals surface area contributed by atoms with Crippen LogP contribution in [0.2, 0.25) is 0 Å². The zero-order chi connectivity index (χ0) is 10.3. The average molecular weight is 208 g/mol. The van der Waals surface area contributed by atoms with Crippen molar-refractivity contribution in [2.24, 2.45) is 0 Å². The van der Waals surface area contributed by atoms with E-state index in [1.54, 1.807) is 0 Å². The van der Waals surface area contributed by atoms with E-state index < -0.39 is 7.60 Å². The first-order chi connectivity index (χ1) is 5.99. The van der Waals surface area contributed by atoms with Crippen LogP contribution in [0.1, 0.15) is 46.0 Å². The van der Waals surface area contributed by atoms with Crippen molar-refractivity contribution in [1.29, 1.82) is 0 Å².